The third-order valence-electron chi connectivity index (χ3n) is 3.00. The molecule has 0 amide bonds. The monoisotopic (exact) mass is 287 g/mol. The van der Waals surface area contributed by atoms with Crippen molar-refractivity contribution in [1.29, 1.82) is 0 Å². The smallest absolute Gasteiger partial charge is 0.211 e. The molecule has 0 aliphatic heterocycles. The standard InChI is InChI=1S/C15H13NO3S/c1-11-7-8-14-13(9-11)16-15(19-14)10-20(17,18)12-5-3-2-4-6-12/h2-9H,10H2,1H3. The lowest BCUT2D eigenvalue weighted by molar-refractivity contribution is 0.540. The molecular formula is C15H13NO3S. The molecule has 20 heavy (non-hydrogen) atoms. The van der Waals surface area contributed by atoms with E-state index in [0.29, 0.717) is 11.1 Å². The second-order valence-electron chi connectivity index (χ2n) is 4.65. The fraction of sp³-hybridized carbons (Fsp3) is 0.133. The Hall–Kier alpha value is -2.14. The van der Waals surface area contributed by atoms with Gasteiger partial charge in [0, 0.05) is 0 Å². The zero-order valence-electron chi connectivity index (χ0n) is 10.9. The number of benzene rings is 2. The number of aromatic nitrogens is 1. The molecule has 4 nitrogen and oxygen atoms in total. The van der Waals surface area contributed by atoms with E-state index < -0.39 is 9.84 Å². The maximum absolute atomic E-state index is 12.2. The van der Waals surface area contributed by atoms with Gasteiger partial charge in [-0.2, -0.15) is 0 Å². The summed E-state index contributed by atoms with van der Waals surface area (Å²) in [6.07, 6.45) is 0. The van der Waals surface area contributed by atoms with Crippen LogP contribution in [0.5, 0.6) is 0 Å². The summed E-state index contributed by atoms with van der Waals surface area (Å²) in [4.78, 5) is 4.51. The molecule has 0 saturated heterocycles. The van der Waals surface area contributed by atoms with E-state index in [2.05, 4.69) is 4.98 Å². The Morgan fingerprint density at radius 2 is 1.85 bits per heavy atom. The lowest BCUT2D eigenvalue weighted by atomic mass is 10.2. The van der Waals surface area contributed by atoms with Crippen LogP contribution in [0.15, 0.2) is 57.8 Å². The number of rotatable bonds is 3. The fourth-order valence-electron chi connectivity index (χ4n) is 2.02. The van der Waals surface area contributed by atoms with Gasteiger partial charge < -0.3 is 4.42 Å². The average molecular weight is 287 g/mol. The molecular weight excluding hydrogens is 274 g/mol. The zero-order chi connectivity index (χ0) is 14.2. The molecule has 3 aromatic rings. The average Bonchev–Trinajstić information content (AvgIpc) is 2.80. The molecule has 0 spiro atoms. The highest BCUT2D eigenvalue weighted by Gasteiger charge is 2.18. The van der Waals surface area contributed by atoms with Gasteiger partial charge in [-0.1, -0.05) is 24.3 Å². The predicted octanol–water partition coefficient (Wildman–Crippen LogP) is 3.11. The summed E-state index contributed by atoms with van der Waals surface area (Å²) in [6, 6.07) is 13.9. The third-order valence-corrected chi connectivity index (χ3v) is 4.62. The van der Waals surface area contributed by atoms with Crippen LogP contribution < -0.4 is 0 Å². The van der Waals surface area contributed by atoms with Crippen LogP contribution in [-0.2, 0) is 15.6 Å². The minimum Gasteiger partial charge on any atom is -0.440 e. The molecule has 0 aliphatic rings. The highest BCUT2D eigenvalue weighted by molar-refractivity contribution is 7.90. The predicted molar refractivity (Wildman–Crippen MR) is 76.1 cm³/mol. The normalized spacial score (nSPS) is 11.8. The molecule has 0 radical (unpaired) electrons. The fourth-order valence-corrected chi connectivity index (χ4v) is 3.21. The first-order valence-corrected chi connectivity index (χ1v) is 7.84. The first-order valence-electron chi connectivity index (χ1n) is 6.18. The van der Waals surface area contributed by atoms with Crippen LogP contribution in [0.2, 0.25) is 0 Å². The van der Waals surface area contributed by atoms with Crippen LogP contribution in [0.3, 0.4) is 0 Å². The quantitative estimate of drug-likeness (QED) is 0.742. The maximum atomic E-state index is 12.2. The summed E-state index contributed by atoms with van der Waals surface area (Å²) in [5, 5.41) is 0. The topological polar surface area (TPSA) is 60.2 Å². The lowest BCUT2D eigenvalue weighted by Crippen LogP contribution is -2.04. The van der Waals surface area contributed by atoms with Gasteiger partial charge in [-0.3, -0.25) is 0 Å². The van der Waals surface area contributed by atoms with Crippen LogP contribution in [0.4, 0.5) is 0 Å². The summed E-state index contributed by atoms with van der Waals surface area (Å²) >= 11 is 0. The Balaban J connectivity index is 1.97. The van der Waals surface area contributed by atoms with E-state index in [1.165, 1.54) is 0 Å². The van der Waals surface area contributed by atoms with Gasteiger partial charge in [0.15, 0.2) is 15.4 Å². The minimum absolute atomic E-state index is 0.217. The zero-order valence-corrected chi connectivity index (χ0v) is 11.7. The Labute approximate surface area is 117 Å². The molecule has 102 valence electrons. The number of oxazole rings is 1. The van der Waals surface area contributed by atoms with Crippen molar-refractivity contribution < 1.29 is 12.8 Å². The van der Waals surface area contributed by atoms with Gasteiger partial charge in [0.25, 0.3) is 0 Å². The molecule has 0 unspecified atom stereocenters. The van der Waals surface area contributed by atoms with Gasteiger partial charge >= 0.3 is 0 Å². The number of sulfone groups is 1. The Kier molecular flexibility index (Phi) is 3.06. The van der Waals surface area contributed by atoms with E-state index in [-0.39, 0.29) is 16.5 Å². The molecule has 0 atom stereocenters. The van der Waals surface area contributed by atoms with Crippen LogP contribution in [0.25, 0.3) is 11.1 Å². The second kappa shape index (κ2) is 4.76. The van der Waals surface area contributed by atoms with E-state index >= 15 is 0 Å². The Morgan fingerprint density at radius 3 is 2.60 bits per heavy atom. The van der Waals surface area contributed by atoms with Crippen molar-refractivity contribution >= 4 is 20.9 Å². The molecule has 0 fully saturated rings. The molecule has 5 heteroatoms. The van der Waals surface area contributed by atoms with Gasteiger partial charge in [-0.15, -0.1) is 0 Å². The van der Waals surface area contributed by atoms with Crippen LogP contribution in [0, 0.1) is 6.92 Å². The number of fused-ring (bicyclic) bond motifs is 1. The lowest BCUT2D eigenvalue weighted by Gasteiger charge is -2.00. The van der Waals surface area contributed by atoms with Gasteiger partial charge in [0.05, 0.1) is 4.90 Å². The van der Waals surface area contributed by atoms with E-state index in [0.717, 1.165) is 5.56 Å². The molecule has 0 N–H and O–H groups in total. The summed E-state index contributed by atoms with van der Waals surface area (Å²) in [6.45, 7) is 1.95. The summed E-state index contributed by atoms with van der Waals surface area (Å²) in [7, 11) is -3.43. The second-order valence-corrected chi connectivity index (χ2v) is 6.64. The molecule has 0 saturated carbocycles. The third kappa shape index (κ3) is 2.44. The molecule has 0 aliphatic carbocycles. The van der Waals surface area contributed by atoms with Crippen molar-refractivity contribution in [3.8, 4) is 0 Å². The number of nitrogens with zero attached hydrogens (tertiary/aromatic N) is 1. The molecule has 2 aromatic carbocycles. The van der Waals surface area contributed by atoms with Crippen molar-refractivity contribution in [2.45, 2.75) is 17.6 Å². The van der Waals surface area contributed by atoms with Crippen LogP contribution >= 0.6 is 0 Å². The van der Waals surface area contributed by atoms with Crippen molar-refractivity contribution in [3.63, 3.8) is 0 Å². The molecule has 3 rings (SSSR count). The van der Waals surface area contributed by atoms with Crippen molar-refractivity contribution in [2.24, 2.45) is 0 Å². The number of hydrogen-bond acceptors (Lipinski definition) is 4. The van der Waals surface area contributed by atoms with Gasteiger partial charge in [-0.25, -0.2) is 13.4 Å². The highest BCUT2D eigenvalue weighted by Crippen LogP contribution is 2.21. The minimum atomic E-state index is -3.43. The molecule has 1 heterocycles. The van der Waals surface area contributed by atoms with Gasteiger partial charge in [0.1, 0.15) is 11.3 Å². The largest absolute Gasteiger partial charge is 0.440 e. The first-order chi connectivity index (χ1) is 9.54. The Morgan fingerprint density at radius 1 is 1.10 bits per heavy atom. The summed E-state index contributed by atoms with van der Waals surface area (Å²) in [5.41, 5.74) is 2.35. The molecule has 1 aromatic heterocycles. The molecule has 0 bridgehead atoms. The van der Waals surface area contributed by atoms with Crippen molar-refractivity contribution in [3.05, 3.63) is 60.0 Å². The highest BCUT2D eigenvalue weighted by atomic mass is 32.2. The van der Waals surface area contributed by atoms with E-state index in [9.17, 15) is 8.42 Å². The van der Waals surface area contributed by atoms with Gasteiger partial charge in [-0.05, 0) is 36.8 Å². The van der Waals surface area contributed by atoms with Gasteiger partial charge in [0.2, 0.25) is 5.89 Å². The van der Waals surface area contributed by atoms with E-state index in [4.69, 9.17) is 4.42 Å². The summed E-state index contributed by atoms with van der Waals surface area (Å²) in [5.74, 6) is -0.0143. The first kappa shape index (κ1) is 12.9. The number of hydrogen-bond donors (Lipinski definition) is 0. The van der Waals surface area contributed by atoms with Crippen LogP contribution in [-0.4, -0.2) is 13.4 Å². The number of aryl methyl sites for hydroxylation is 1. The van der Waals surface area contributed by atoms with Crippen molar-refractivity contribution in [2.75, 3.05) is 0 Å². The van der Waals surface area contributed by atoms with E-state index in [1.54, 1.807) is 36.4 Å². The van der Waals surface area contributed by atoms with E-state index in [1.807, 2.05) is 19.1 Å². The summed E-state index contributed by atoms with van der Waals surface area (Å²) < 4.78 is 30.0. The van der Waals surface area contributed by atoms with Crippen LogP contribution in [0.1, 0.15) is 11.5 Å². The maximum Gasteiger partial charge on any atom is 0.211 e. The SMILES string of the molecule is Cc1ccc2oc(CS(=O)(=O)c3ccccc3)nc2c1. The Bertz CT molecular complexity index is 851. The van der Waals surface area contributed by atoms with Crippen molar-refractivity contribution in [1.82, 2.24) is 4.98 Å².